The second kappa shape index (κ2) is 6.97. The lowest BCUT2D eigenvalue weighted by Gasteiger charge is -2.28. The lowest BCUT2D eigenvalue weighted by molar-refractivity contribution is -0.132. The van der Waals surface area contributed by atoms with Crippen LogP contribution >= 0.6 is 0 Å². The number of carbonyl (C=O) groups excluding carboxylic acids is 1. The fourth-order valence-corrected chi connectivity index (χ4v) is 2.59. The largest absolute Gasteiger partial charge is 0.378 e. The lowest BCUT2D eigenvalue weighted by Crippen LogP contribution is -2.45. The molecular formula is C13H24N2O2. The van der Waals surface area contributed by atoms with E-state index in [0.29, 0.717) is 18.9 Å². The first-order valence-corrected chi connectivity index (χ1v) is 6.95. The Labute approximate surface area is 104 Å². The maximum atomic E-state index is 12.2. The molecule has 17 heavy (non-hydrogen) atoms. The summed E-state index contributed by atoms with van der Waals surface area (Å²) in [6, 6.07) is 0.224. The van der Waals surface area contributed by atoms with Crippen molar-refractivity contribution in [3.8, 4) is 0 Å². The van der Waals surface area contributed by atoms with Gasteiger partial charge >= 0.3 is 0 Å². The van der Waals surface area contributed by atoms with E-state index in [2.05, 4.69) is 10.2 Å². The van der Waals surface area contributed by atoms with Crippen LogP contribution in [0.2, 0.25) is 0 Å². The summed E-state index contributed by atoms with van der Waals surface area (Å²) in [7, 11) is 0. The molecule has 0 aromatic rings. The van der Waals surface area contributed by atoms with Gasteiger partial charge in [0.25, 0.3) is 0 Å². The second-order valence-electron chi connectivity index (χ2n) is 5.08. The molecule has 2 aliphatic rings. The van der Waals surface area contributed by atoms with Crippen molar-refractivity contribution in [2.45, 2.75) is 44.6 Å². The molecule has 2 aliphatic heterocycles. The van der Waals surface area contributed by atoms with E-state index in [-0.39, 0.29) is 6.04 Å². The topological polar surface area (TPSA) is 41.6 Å². The Morgan fingerprint density at radius 1 is 1.18 bits per heavy atom. The molecule has 0 aromatic heterocycles. The van der Waals surface area contributed by atoms with Gasteiger partial charge in [0, 0.05) is 32.1 Å². The van der Waals surface area contributed by atoms with Crippen LogP contribution in [-0.2, 0) is 9.53 Å². The molecule has 2 fully saturated rings. The van der Waals surface area contributed by atoms with Crippen molar-refractivity contribution in [1.82, 2.24) is 10.2 Å². The molecule has 1 unspecified atom stereocenters. The molecule has 2 saturated heterocycles. The Morgan fingerprint density at radius 2 is 1.88 bits per heavy atom. The van der Waals surface area contributed by atoms with E-state index < -0.39 is 0 Å². The predicted molar refractivity (Wildman–Crippen MR) is 66.9 cm³/mol. The van der Waals surface area contributed by atoms with E-state index in [4.69, 9.17) is 4.74 Å². The Balaban J connectivity index is 1.76. The zero-order valence-corrected chi connectivity index (χ0v) is 10.6. The van der Waals surface area contributed by atoms with Crippen molar-refractivity contribution in [3.63, 3.8) is 0 Å². The summed E-state index contributed by atoms with van der Waals surface area (Å²) in [5.41, 5.74) is 0. The van der Waals surface area contributed by atoms with Crippen LogP contribution in [0.3, 0.4) is 0 Å². The van der Waals surface area contributed by atoms with E-state index in [1.54, 1.807) is 0 Å². The predicted octanol–water partition coefficient (Wildman–Crippen LogP) is 1.16. The average molecular weight is 240 g/mol. The molecule has 1 atom stereocenters. The lowest BCUT2D eigenvalue weighted by atomic mass is 10.1. The summed E-state index contributed by atoms with van der Waals surface area (Å²) in [5, 5.41) is 3.34. The molecule has 0 aliphatic carbocycles. The summed E-state index contributed by atoms with van der Waals surface area (Å²) in [4.78, 5) is 14.2. The Morgan fingerprint density at radius 3 is 2.53 bits per heavy atom. The normalized spacial score (nSPS) is 27.3. The van der Waals surface area contributed by atoms with Crippen molar-refractivity contribution < 1.29 is 9.53 Å². The van der Waals surface area contributed by atoms with Crippen LogP contribution in [0.4, 0.5) is 0 Å². The van der Waals surface area contributed by atoms with Crippen LogP contribution in [0, 0.1) is 0 Å². The van der Waals surface area contributed by atoms with Gasteiger partial charge in [-0.05, 0) is 12.8 Å². The highest BCUT2D eigenvalue weighted by atomic mass is 16.5. The Hall–Kier alpha value is -0.610. The number of ether oxygens (including phenoxy) is 1. The van der Waals surface area contributed by atoms with Crippen LogP contribution in [0.25, 0.3) is 0 Å². The maximum Gasteiger partial charge on any atom is 0.224 e. The van der Waals surface area contributed by atoms with Gasteiger partial charge in [-0.1, -0.05) is 19.3 Å². The number of rotatable bonds is 2. The van der Waals surface area contributed by atoms with Crippen molar-refractivity contribution in [3.05, 3.63) is 0 Å². The van der Waals surface area contributed by atoms with Gasteiger partial charge in [0.05, 0.1) is 13.2 Å². The highest BCUT2D eigenvalue weighted by Crippen LogP contribution is 2.12. The number of likely N-dealkylation sites (tertiary alicyclic amines) is 1. The van der Waals surface area contributed by atoms with E-state index in [0.717, 1.165) is 26.2 Å². The van der Waals surface area contributed by atoms with Crippen molar-refractivity contribution in [1.29, 1.82) is 0 Å². The van der Waals surface area contributed by atoms with Gasteiger partial charge < -0.3 is 15.0 Å². The van der Waals surface area contributed by atoms with Gasteiger partial charge in [0.15, 0.2) is 0 Å². The Bertz CT molecular complexity index is 232. The van der Waals surface area contributed by atoms with Crippen LogP contribution < -0.4 is 5.32 Å². The standard InChI is InChI=1S/C13H24N2O2/c16-13(10-12-11-17-9-6-14-12)15-7-4-2-1-3-5-8-15/h12,14H,1-11H2. The van der Waals surface area contributed by atoms with Gasteiger partial charge in [-0.2, -0.15) is 0 Å². The van der Waals surface area contributed by atoms with Crippen LogP contribution in [0.1, 0.15) is 38.5 Å². The van der Waals surface area contributed by atoms with Crippen molar-refractivity contribution >= 4 is 5.91 Å². The summed E-state index contributed by atoms with van der Waals surface area (Å²) < 4.78 is 5.38. The fraction of sp³-hybridized carbons (Fsp3) is 0.923. The molecule has 0 radical (unpaired) electrons. The van der Waals surface area contributed by atoms with Crippen molar-refractivity contribution in [2.24, 2.45) is 0 Å². The number of nitrogens with one attached hydrogen (secondary N) is 1. The molecule has 2 heterocycles. The Kier molecular flexibility index (Phi) is 5.26. The number of morpholine rings is 1. The smallest absolute Gasteiger partial charge is 0.224 e. The molecule has 98 valence electrons. The number of hydrogen-bond donors (Lipinski definition) is 1. The second-order valence-corrected chi connectivity index (χ2v) is 5.08. The van der Waals surface area contributed by atoms with Gasteiger partial charge in [0.1, 0.15) is 0 Å². The number of amides is 1. The average Bonchev–Trinajstić information content (AvgIpc) is 2.29. The number of hydrogen-bond acceptors (Lipinski definition) is 3. The third kappa shape index (κ3) is 4.28. The highest BCUT2D eigenvalue weighted by molar-refractivity contribution is 5.76. The van der Waals surface area contributed by atoms with E-state index in [1.165, 1.54) is 32.1 Å². The zero-order valence-electron chi connectivity index (χ0n) is 10.6. The van der Waals surface area contributed by atoms with Crippen LogP contribution in [0.5, 0.6) is 0 Å². The number of carbonyl (C=O) groups is 1. The highest BCUT2D eigenvalue weighted by Gasteiger charge is 2.21. The van der Waals surface area contributed by atoms with E-state index >= 15 is 0 Å². The molecule has 0 aromatic carbocycles. The van der Waals surface area contributed by atoms with Gasteiger partial charge in [0.2, 0.25) is 5.91 Å². The first kappa shape index (κ1) is 12.8. The molecule has 1 N–H and O–H groups in total. The SMILES string of the molecule is O=C(CC1COCCN1)N1CCCCCCC1. The monoisotopic (exact) mass is 240 g/mol. The molecule has 1 amide bonds. The van der Waals surface area contributed by atoms with Gasteiger partial charge in [-0.3, -0.25) is 4.79 Å². The summed E-state index contributed by atoms with van der Waals surface area (Å²) in [5.74, 6) is 0.301. The van der Waals surface area contributed by atoms with E-state index in [1.807, 2.05) is 0 Å². The molecule has 0 spiro atoms. The minimum Gasteiger partial charge on any atom is -0.378 e. The first-order chi connectivity index (χ1) is 8.36. The molecule has 0 saturated carbocycles. The van der Waals surface area contributed by atoms with Crippen LogP contribution in [-0.4, -0.2) is 49.7 Å². The molecule has 0 bridgehead atoms. The molecule has 4 nitrogen and oxygen atoms in total. The van der Waals surface area contributed by atoms with Gasteiger partial charge in [-0.25, -0.2) is 0 Å². The number of nitrogens with zero attached hydrogens (tertiary/aromatic N) is 1. The summed E-state index contributed by atoms with van der Waals surface area (Å²) in [6.07, 6.45) is 6.81. The van der Waals surface area contributed by atoms with Gasteiger partial charge in [-0.15, -0.1) is 0 Å². The third-order valence-electron chi connectivity index (χ3n) is 3.63. The maximum absolute atomic E-state index is 12.2. The summed E-state index contributed by atoms with van der Waals surface area (Å²) in [6.45, 7) is 4.23. The van der Waals surface area contributed by atoms with Crippen molar-refractivity contribution in [2.75, 3.05) is 32.8 Å². The van der Waals surface area contributed by atoms with E-state index in [9.17, 15) is 4.79 Å². The quantitative estimate of drug-likeness (QED) is 0.787. The fourth-order valence-electron chi connectivity index (χ4n) is 2.59. The minimum atomic E-state index is 0.224. The van der Waals surface area contributed by atoms with Crippen LogP contribution in [0.15, 0.2) is 0 Å². The first-order valence-electron chi connectivity index (χ1n) is 6.95. The molecule has 4 heteroatoms. The third-order valence-corrected chi connectivity index (χ3v) is 3.63. The molecular weight excluding hydrogens is 216 g/mol. The minimum absolute atomic E-state index is 0.224. The molecule has 2 rings (SSSR count). The summed E-state index contributed by atoms with van der Waals surface area (Å²) >= 11 is 0. The zero-order chi connectivity index (χ0) is 11.9.